The third kappa shape index (κ3) is 6.90. The van der Waals surface area contributed by atoms with Gasteiger partial charge in [-0.2, -0.15) is 34.8 Å². The van der Waals surface area contributed by atoms with E-state index in [1.54, 1.807) is 0 Å². The highest BCUT2D eigenvalue weighted by molar-refractivity contribution is 7.85. The highest BCUT2D eigenvalue weighted by atomic mass is 32.2. The monoisotopic (exact) mass is 435 g/mol. The first kappa shape index (κ1) is 22.9. The second kappa shape index (κ2) is 8.56. The van der Waals surface area contributed by atoms with Crippen molar-refractivity contribution in [3.63, 3.8) is 0 Å². The molecule has 1 saturated heterocycles. The molecule has 12 heteroatoms. The summed E-state index contributed by atoms with van der Waals surface area (Å²) in [7, 11) is -4.04. The number of morpholine rings is 1. The fourth-order valence-corrected chi connectivity index (χ4v) is 3.16. The van der Waals surface area contributed by atoms with Crippen LogP contribution in [0.3, 0.4) is 0 Å². The maximum Gasteiger partial charge on any atom is 0.416 e. The molecular formula is C16H19F6NO4S. The van der Waals surface area contributed by atoms with Crippen molar-refractivity contribution in [1.29, 1.82) is 0 Å². The van der Waals surface area contributed by atoms with E-state index >= 15 is 0 Å². The smallest absolute Gasteiger partial charge is 0.371 e. The summed E-state index contributed by atoms with van der Waals surface area (Å²) in [5.41, 5.74) is -0.670. The molecule has 0 bridgehead atoms. The van der Waals surface area contributed by atoms with Gasteiger partial charge in [0.2, 0.25) is 0 Å². The predicted molar refractivity (Wildman–Crippen MR) is 86.9 cm³/mol. The Morgan fingerprint density at radius 2 is 1.93 bits per heavy atom. The molecule has 1 aliphatic heterocycles. The van der Waals surface area contributed by atoms with Crippen molar-refractivity contribution in [3.05, 3.63) is 35.4 Å². The predicted octanol–water partition coefficient (Wildman–Crippen LogP) is 3.23. The van der Waals surface area contributed by atoms with Crippen LogP contribution in [0.5, 0.6) is 0 Å². The van der Waals surface area contributed by atoms with Crippen LogP contribution in [0.15, 0.2) is 24.3 Å². The first-order valence-corrected chi connectivity index (χ1v) is 9.99. The maximum absolute atomic E-state index is 13.2. The van der Waals surface area contributed by atoms with Gasteiger partial charge >= 0.3 is 12.4 Å². The van der Waals surface area contributed by atoms with Crippen molar-refractivity contribution in [3.8, 4) is 0 Å². The molecule has 0 saturated carbocycles. The minimum absolute atomic E-state index is 0.0262. The number of nitrogens with zero attached hydrogens (tertiary/aromatic N) is 1. The maximum atomic E-state index is 13.2. The highest BCUT2D eigenvalue weighted by Crippen LogP contribution is 2.33. The topological polar surface area (TPSA) is 55.8 Å². The van der Waals surface area contributed by atoms with Gasteiger partial charge in [-0.05, 0) is 17.7 Å². The van der Waals surface area contributed by atoms with Crippen molar-refractivity contribution in [2.45, 2.75) is 18.5 Å². The summed E-state index contributed by atoms with van der Waals surface area (Å²) < 4.78 is 110. The summed E-state index contributed by atoms with van der Waals surface area (Å²) in [6.07, 6.45) is -9.43. The van der Waals surface area contributed by atoms with E-state index in [-0.39, 0.29) is 25.3 Å². The molecule has 1 heterocycles. The number of halogens is 6. The largest absolute Gasteiger partial charge is 0.416 e. The van der Waals surface area contributed by atoms with E-state index in [1.165, 1.54) is 17.0 Å². The van der Waals surface area contributed by atoms with Crippen LogP contribution in [0.25, 0.3) is 0 Å². The van der Waals surface area contributed by atoms with Gasteiger partial charge in [0.05, 0.1) is 37.1 Å². The Morgan fingerprint density at radius 1 is 1.25 bits per heavy atom. The number of benzene rings is 1. The second-order valence-corrected chi connectivity index (χ2v) is 8.11. The van der Waals surface area contributed by atoms with E-state index in [1.807, 2.05) is 0 Å². The molecule has 0 aromatic heterocycles. The Kier molecular flexibility index (Phi) is 7.00. The molecule has 0 amide bonds. The van der Waals surface area contributed by atoms with Gasteiger partial charge in [-0.25, -0.2) is 0 Å². The average molecular weight is 435 g/mol. The standard InChI is InChI=1S/C16H19F6NO4S/c1-28(24,25)27-10-13(16(20,21)22)8-23-5-6-26-14(9-23)11-3-2-4-12(7-11)15(17,18)19/h2-4,7,13-14H,5-6,8-10H2,1H3/t13-,14+/m1/s1. The van der Waals surface area contributed by atoms with Crippen LogP contribution in [0.1, 0.15) is 17.2 Å². The van der Waals surface area contributed by atoms with E-state index in [2.05, 4.69) is 4.18 Å². The highest BCUT2D eigenvalue weighted by Gasteiger charge is 2.42. The molecule has 2 rings (SSSR count). The molecule has 160 valence electrons. The SMILES string of the molecule is CS(=O)(=O)OC[C@@H](CN1CCO[C@H](c2cccc(C(F)(F)F)c2)C1)C(F)(F)F. The summed E-state index contributed by atoms with van der Waals surface area (Å²) in [6, 6.07) is 4.42. The second-order valence-electron chi connectivity index (χ2n) is 6.47. The zero-order valence-corrected chi connectivity index (χ0v) is 15.6. The van der Waals surface area contributed by atoms with Gasteiger partial charge in [-0.15, -0.1) is 0 Å². The third-order valence-corrected chi connectivity index (χ3v) is 4.73. The van der Waals surface area contributed by atoms with Gasteiger partial charge in [-0.1, -0.05) is 12.1 Å². The summed E-state index contributed by atoms with van der Waals surface area (Å²) in [5, 5.41) is 0. The number of hydrogen-bond donors (Lipinski definition) is 0. The summed E-state index contributed by atoms with van der Waals surface area (Å²) >= 11 is 0. The molecule has 5 nitrogen and oxygen atoms in total. The normalized spacial score (nSPS) is 20.9. The lowest BCUT2D eigenvalue weighted by Gasteiger charge is -2.35. The fraction of sp³-hybridized carbons (Fsp3) is 0.625. The van der Waals surface area contributed by atoms with Gasteiger partial charge in [0, 0.05) is 19.6 Å². The van der Waals surface area contributed by atoms with Crippen LogP contribution in [0, 0.1) is 5.92 Å². The molecule has 1 fully saturated rings. The molecule has 2 atom stereocenters. The van der Waals surface area contributed by atoms with E-state index in [9.17, 15) is 34.8 Å². The molecule has 1 aromatic carbocycles. The lowest BCUT2D eigenvalue weighted by atomic mass is 10.0. The first-order valence-electron chi connectivity index (χ1n) is 8.18. The molecule has 0 N–H and O–H groups in total. The molecular weight excluding hydrogens is 416 g/mol. The lowest BCUT2D eigenvalue weighted by Crippen LogP contribution is -2.45. The van der Waals surface area contributed by atoms with Gasteiger partial charge in [0.15, 0.2) is 0 Å². The lowest BCUT2D eigenvalue weighted by molar-refractivity contribution is -0.189. The molecule has 0 aliphatic carbocycles. The van der Waals surface area contributed by atoms with Crippen LogP contribution in [0.2, 0.25) is 0 Å². The fourth-order valence-electron chi connectivity index (χ4n) is 2.75. The molecule has 0 unspecified atom stereocenters. The van der Waals surface area contributed by atoms with E-state index in [0.29, 0.717) is 6.26 Å². The van der Waals surface area contributed by atoms with Crippen molar-refractivity contribution >= 4 is 10.1 Å². The Hall–Kier alpha value is -1.37. The number of rotatable bonds is 6. The minimum atomic E-state index is -4.70. The van der Waals surface area contributed by atoms with Crippen LogP contribution >= 0.6 is 0 Å². The third-order valence-electron chi connectivity index (χ3n) is 4.16. The zero-order chi connectivity index (χ0) is 21.2. The van der Waals surface area contributed by atoms with Crippen LogP contribution in [0.4, 0.5) is 26.3 Å². The Labute approximate surface area is 158 Å². The van der Waals surface area contributed by atoms with Gasteiger partial charge in [0.1, 0.15) is 0 Å². The van der Waals surface area contributed by atoms with Crippen molar-refractivity contribution in [2.75, 3.05) is 39.1 Å². The average Bonchev–Trinajstić information content (AvgIpc) is 2.56. The van der Waals surface area contributed by atoms with Gasteiger partial charge in [-0.3, -0.25) is 9.08 Å². The summed E-state index contributed by atoms with van der Waals surface area (Å²) in [5.74, 6) is -2.07. The zero-order valence-electron chi connectivity index (χ0n) is 14.8. The van der Waals surface area contributed by atoms with Gasteiger partial charge < -0.3 is 4.74 Å². The Bertz CT molecular complexity index is 765. The quantitative estimate of drug-likeness (QED) is 0.507. The molecule has 28 heavy (non-hydrogen) atoms. The Morgan fingerprint density at radius 3 is 2.50 bits per heavy atom. The minimum Gasteiger partial charge on any atom is -0.371 e. The van der Waals surface area contributed by atoms with Crippen molar-refractivity contribution in [1.82, 2.24) is 4.90 Å². The van der Waals surface area contributed by atoms with Crippen LogP contribution in [-0.2, 0) is 25.2 Å². The summed E-state index contributed by atoms with van der Waals surface area (Å²) in [4.78, 5) is 1.37. The first-order chi connectivity index (χ1) is 12.8. The van der Waals surface area contributed by atoms with E-state index in [0.717, 1.165) is 12.1 Å². The Balaban J connectivity index is 2.09. The van der Waals surface area contributed by atoms with Crippen molar-refractivity contribution in [2.24, 2.45) is 5.92 Å². The summed E-state index contributed by atoms with van der Waals surface area (Å²) in [6.45, 7) is -1.53. The van der Waals surface area contributed by atoms with Gasteiger partial charge in [0.25, 0.3) is 10.1 Å². The van der Waals surface area contributed by atoms with Crippen LogP contribution in [-0.4, -0.2) is 58.6 Å². The van der Waals surface area contributed by atoms with E-state index in [4.69, 9.17) is 4.74 Å². The van der Waals surface area contributed by atoms with Crippen LogP contribution < -0.4 is 0 Å². The molecule has 1 aromatic rings. The number of ether oxygens (including phenoxy) is 1. The molecule has 0 radical (unpaired) electrons. The number of alkyl halides is 6. The van der Waals surface area contributed by atoms with Crippen molar-refractivity contribution < 1.29 is 43.7 Å². The molecule has 0 spiro atoms. The van der Waals surface area contributed by atoms with E-state index < -0.39 is 53.2 Å². The molecule has 1 aliphatic rings. The number of hydrogen-bond acceptors (Lipinski definition) is 5.